The summed E-state index contributed by atoms with van der Waals surface area (Å²) in [5, 5.41) is 11.8. The first-order chi connectivity index (χ1) is 8.38. The Bertz CT molecular complexity index is 499. The fourth-order valence-corrected chi connectivity index (χ4v) is 1.41. The van der Waals surface area contributed by atoms with Gasteiger partial charge in [-0.05, 0) is 12.5 Å². The van der Waals surface area contributed by atoms with E-state index < -0.39 is 0 Å². The van der Waals surface area contributed by atoms with E-state index in [2.05, 4.69) is 20.3 Å². The van der Waals surface area contributed by atoms with Crippen LogP contribution in [0, 0.1) is 11.3 Å². The van der Waals surface area contributed by atoms with Gasteiger partial charge in [-0.3, -0.25) is 0 Å². The van der Waals surface area contributed by atoms with Gasteiger partial charge in [0.1, 0.15) is 11.9 Å². The molecule has 0 saturated carbocycles. The minimum Gasteiger partial charge on any atom is -0.370 e. The molecular formula is C11H12N6. The smallest absolute Gasteiger partial charge is 0.234 e. The van der Waals surface area contributed by atoms with Gasteiger partial charge in [-0.25, -0.2) is 15.0 Å². The van der Waals surface area contributed by atoms with Crippen molar-refractivity contribution in [2.75, 3.05) is 11.9 Å². The molecule has 0 aromatic carbocycles. The van der Waals surface area contributed by atoms with Crippen LogP contribution in [-0.4, -0.2) is 26.1 Å². The molecule has 1 N–H and O–H groups in total. The first kappa shape index (κ1) is 11.1. The zero-order valence-corrected chi connectivity index (χ0v) is 9.24. The lowest BCUT2D eigenvalue weighted by molar-refractivity contribution is 0.660. The third-order valence-corrected chi connectivity index (χ3v) is 2.21. The monoisotopic (exact) mass is 228 g/mol. The van der Waals surface area contributed by atoms with Crippen LogP contribution in [0.5, 0.6) is 0 Å². The van der Waals surface area contributed by atoms with E-state index in [9.17, 15) is 0 Å². The number of hydrogen-bond donors (Lipinski definition) is 1. The number of nitriles is 1. The van der Waals surface area contributed by atoms with Crippen LogP contribution >= 0.6 is 0 Å². The molecule has 6 heteroatoms. The highest BCUT2D eigenvalue weighted by molar-refractivity contribution is 5.34. The molecule has 0 aliphatic heterocycles. The van der Waals surface area contributed by atoms with Gasteiger partial charge in [0.15, 0.2) is 0 Å². The highest BCUT2D eigenvalue weighted by atomic mass is 15.0. The van der Waals surface area contributed by atoms with Crippen molar-refractivity contribution < 1.29 is 0 Å². The Morgan fingerprint density at radius 3 is 3.12 bits per heavy atom. The van der Waals surface area contributed by atoms with Gasteiger partial charge in [-0.1, -0.05) is 0 Å². The number of hydrogen-bond acceptors (Lipinski definition) is 5. The Morgan fingerprint density at radius 2 is 2.35 bits per heavy atom. The van der Waals surface area contributed by atoms with Crippen LogP contribution in [0.3, 0.4) is 0 Å². The number of anilines is 1. The molecule has 0 atom stereocenters. The third-order valence-electron chi connectivity index (χ3n) is 2.21. The van der Waals surface area contributed by atoms with Crippen LogP contribution in [0.2, 0.25) is 0 Å². The first-order valence-corrected chi connectivity index (χ1v) is 5.31. The van der Waals surface area contributed by atoms with Crippen LogP contribution in [-0.2, 0) is 6.54 Å². The van der Waals surface area contributed by atoms with E-state index in [1.807, 2.05) is 16.8 Å². The van der Waals surface area contributed by atoms with E-state index in [4.69, 9.17) is 5.26 Å². The summed E-state index contributed by atoms with van der Waals surface area (Å²) < 4.78 is 2.02. The van der Waals surface area contributed by atoms with E-state index in [0.29, 0.717) is 5.82 Å². The predicted molar refractivity (Wildman–Crippen MR) is 62.1 cm³/mol. The molecule has 0 spiro atoms. The summed E-state index contributed by atoms with van der Waals surface area (Å²) in [5.41, 5.74) is 0. The molecule has 17 heavy (non-hydrogen) atoms. The predicted octanol–water partition coefficient (Wildman–Crippen LogP) is 1.05. The summed E-state index contributed by atoms with van der Waals surface area (Å²) in [6.45, 7) is 1.70. The SMILES string of the molecule is N#Cc1nccc(NCCCn2ccnc2)n1. The molecule has 0 aliphatic rings. The van der Waals surface area contributed by atoms with Crippen molar-refractivity contribution in [1.82, 2.24) is 19.5 Å². The van der Waals surface area contributed by atoms with E-state index >= 15 is 0 Å². The summed E-state index contributed by atoms with van der Waals surface area (Å²) in [6, 6.07) is 3.65. The van der Waals surface area contributed by atoms with E-state index in [1.54, 1.807) is 24.8 Å². The first-order valence-electron chi connectivity index (χ1n) is 5.31. The molecule has 0 saturated heterocycles. The summed E-state index contributed by atoms with van der Waals surface area (Å²) >= 11 is 0. The van der Waals surface area contributed by atoms with Crippen molar-refractivity contribution >= 4 is 5.82 Å². The number of aromatic nitrogens is 4. The van der Waals surface area contributed by atoms with Gasteiger partial charge < -0.3 is 9.88 Å². The maximum atomic E-state index is 8.65. The van der Waals surface area contributed by atoms with Gasteiger partial charge >= 0.3 is 0 Å². The number of imidazole rings is 1. The average molecular weight is 228 g/mol. The number of rotatable bonds is 5. The second-order valence-corrected chi connectivity index (χ2v) is 3.46. The van der Waals surface area contributed by atoms with E-state index in [1.165, 1.54) is 0 Å². The molecule has 0 bridgehead atoms. The zero-order chi connectivity index (χ0) is 11.9. The minimum absolute atomic E-state index is 0.185. The molecule has 2 aromatic heterocycles. The van der Waals surface area contributed by atoms with E-state index in [-0.39, 0.29) is 5.82 Å². The Balaban J connectivity index is 1.76. The fraction of sp³-hybridized carbons (Fsp3) is 0.273. The average Bonchev–Trinajstić information content (AvgIpc) is 2.88. The van der Waals surface area contributed by atoms with Crippen molar-refractivity contribution in [1.29, 1.82) is 5.26 Å². The molecule has 0 aliphatic carbocycles. The zero-order valence-electron chi connectivity index (χ0n) is 9.24. The van der Waals surface area contributed by atoms with Crippen molar-refractivity contribution in [2.24, 2.45) is 0 Å². The third kappa shape index (κ3) is 3.28. The van der Waals surface area contributed by atoms with Gasteiger partial charge in [0.25, 0.3) is 0 Å². The lowest BCUT2D eigenvalue weighted by Gasteiger charge is -2.05. The van der Waals surface area contributed by atoms with Crippen LogP contribution < -0.4 is 5.32 Å². The standard InChI is InChI=1S/C11H12N6/c12-8-11-15-4-2-10(16-11)14-3-1-6-17-7-5-13-9-17/h2,4-5,7,9H,1,3,6H2,(H,14,15,16). The fourth-order valence-electron chi connectivity index (χ4n) is 1.41. The molecule has 6 nitrogen and oxygen atoms in total. The Hall–Kier alpha value is -2.42. The van der Waals surface area contributed by atoms with Gasteiger partial charge in [-0.15, -0.1) is 0 Å². The second kappa shape index (κ2) is 5.61. The van der Waals surface area contributed by atoms with Crippen LogP contribution in [0.4, 0.5) is 5.82 Å². The molecule has 0 radical (unpaired) electrons. The highest BCUT2D eigenvalue weighted by Crippen LogP contribution is 2.01. The maximum absolute atomic E-state index is 8.65. The topological polar surface area (TPSA) is 79.4 Å². The molecule has 2 aromatic rings. The number of nitrogens with zero attached hydrogens (tertiary/aromatic N) is 5. The molecular weight excluding hydrogens is 216 g/mol. The lowest BCUT2D eigenvalue weighted by Crippen LogP contribution is -2.07. The maximum Gasteiger partial charge on any atom is 0.234 e. The highest BCUT2D eigenvalue weighted by Gasteiger charge is 1.97. The van der Waals surface area contributed by atoms with Crippen molar-refractivity contribution in [3.05, 3.63) is 36.8 Å². The summed E-state index contributed by atoms with van der Waals surface area (Å²) in [6.07, 6.45) is 8.01. The minimum atomic E-state index is 0.185. The van der Waals surface area contributed by atoms with Gasteiger partial charge in [-0.2, -0.15) is 5.26 Å². The number of nitrogens with one attached hydrogen (secondary N) is 1. The Morgan fingerprint density at radius 1 is 1.41 bits per heavy atom. The molecule has 86 valence electrons. The Kier molecular flexibility index (Phi) is 3.65. The van der Waals surface area contributed by atoms with Gasteiger partial charge in [0.05, 0.1) is 6.33 Å². The quantitative estimate of drug-likeness (QED) is 0.774. The van der Waals surface area contributed by atoms with Crippen molar-refractivity contribution in [2.45, 2.75) is 13.0 Å². The van der Waals surface area contributed by atoms with Crippen molar-refractivity contribution in [3.63, 3.8) is 0 Å². The second-order valence-electron chi connectivity index (χ2n) is 3.46. The largest absolute Gasteiger partial charge is 0.370 e. The molecule has 0 amide bonds. The van der Waals surface area contributed by atoms with E-state index in [0.717, 1.165) is 19.5 Å². The molecule has 2 rings (SSSR count). The Labute approximate surface area is 99.0 Å². The van der Waals surface area contributed by atoms with Crippen LogP contribution in [0.25, 0.3) is 0 Å². The number of aryl methyl sites for hydroxylation is 1. The van der Waals surface area contributed by atoms with Gasteiger partial charge in [0.2, 0.25) is 5.82 Å². The molecule has 2 heterocycles. The summed E-state index contributed by atoms with van der Waals surface area (Å²) in [7, 11) is 0. The summed E-state index contributed by atoms with van der Waals surface area (Å²) in [4.78, 5) is 11.8. The molecule has 0 fully saturated rings. The van der Waals surface area contributed by atoms with Crippen molar-refractivity contribution in [3.8, 4) is 6.07 Å². The van der Waals surface area contributed by atoms with Crippen LogP contribution in [0.15, 0.2) is 31.0 Å². The summed E-state index contributed by atoms with van der Waals surface area (Å²) in [5.74, 6) is 0.867. The lowest BCUT2D eigenvalue weighted by atomic mass is 10.4. The van der Waals surface area contributed by atoms with Crippen LogP contribution in [0.1, 0.15) is 12.2 Å². The molecule has 0 unspecified atom stereocenters. The normalized spacial score (nSPS) is 9.82. The van der Waals surface area contributed by atoms with Gasteiger partial charge in [0, 0.05) is 31.7 Å².